The quantitative estimate of drug-likeness (QED) is 0.673. The summed E-state index contributed by atoms with van der Waals surface area (Å²) in [6.07, 6.45) is 6.22. The van der Waals surface area contributed by atoms with Gasteiger partial charge < -0.3 is 19.7 Å². The van der Waals surface area contributed by atoms with Crippen molar-refractivity contribution in [1.82, 2.24) is 4.90 Å². The number of hydrogen-bond acceptors (Lipinski definition) is 5. The van der Waals surface area contributed by atoms with Gasteiger partial charge in [0.2, 0.25) is 0 Å². The van der Waals surface area contributed by atoms with Crippen LogP contribution in [0.3, 0.4) is 0 Å². The molecule has 0 amide bonds. The molecule has 7 heteroatoms. The first-order chi connectivity index (χ1) is 14.4. The number of carboxylic acids is 2. The summed E-state index contributed by atoms with van der Waals surface area (Å²) >= 11 is 0. The number of hydrogen-bond donors (Lipinski definition) is 2. The fourth-order valence-corrected chi connectivity index (χ4v) is 4.37. The predicted molar refractivity (Wildman–Crippen MR) is 112 cm³/mol. The molecule has 1 saturated heterocycles. The van der Waals surface area contributed by atoms with Crippen molar-refractivity contribution in [2.45, 2.75) is 32.2 Å². The van der Waals surface area contributed by atoms with Crippen LogP contribution in [0.25, 0.3) is 0 Å². The van der Waals surface area contributed by atoms with Gasteiger partial charge in [0.1, 0.15) is 5.54 Å². The summed E-state index contributed by atoms with van der Waals surface area (Å²) in [5.74, 6) is -1.02. The molecule has 0 saturated carbocycles. The minimum atomic E-state index is -1.34. The number of ether oxygens (including phenoxy) is 2. The van der Waals surface area contributed by atoms with Gasteiger partial charge >= 0.3 is 11.9 Å². The van der Waals surface area contributed by atoms with E-state index in [-0.39, 0.29) is 5.57 Å². The number of nitrogens with zero attached hydrogens (tertiary/aromatic N) is 1. The Morgan fingerprint density at radius 3 is 2.33 bits per heavy atom. The van der Waals surface area contributed by atoms with Crippen LogP contribution in [0.1, 0.15) is 26.7 Å². The Morgan fingerprint density at radius 1 is 1.13 bits per heavy atom. The number of para-hydroxylation sites is 2. The molecule has 162 valence electrons. The highest BCUT2D eigenvalue weighted by atomic mass is 16.5. The van der Waals surface area contributed by atoms with Gasteiger partial charge in [0, 0.05) is 11.5 Å². The topological polar surface area (TPSA) is 96.3 Å². The molecule has 1 fully saturated rings. The number of carboxylic acid groups (broad SMARTS) is 2. The number of rotatable bonds is 8. The van der Waals surface area contributed by atoms with Gasteiger partial charge in [-0.15, -0.1) is 0 Å². The van der Waals surface area contributed by atoms with Crippen LogP contribution in [0, 0.1) is 11.8 Å². The number of benzene rings is 1. The minimum absolute atomic E-state index is 0.123. The Balaban J connectivity index is 1.64. The van der Waals surface area contributed by atoms with E-state index in [0.717, 1.165) is 18.6 Å². The summed E-state index contributed by atoms with van der Waals surface area (Å²) in [6.45, 7) is 5.83. The van der Waals surface area contributed by atoms with E-state index in [4.69, 9.17) is 9.47 Å². The molecule has 2 aliphatic rings. The zero-order valence-corrected chi connectivity index (χ0v) is 17.4. The van der Waals surface area contributed by atoms with Crippen LogP contribution in [0.4, 0.5) is 0 Å². The van der Waals surface area contributed by atoms with Crippen LogP contribution in [0.15, 0.2) is 48.1 Å². The molecule has 1 aromatic carbocycles. The highest BCUT2D eigenvalue weighted by Crippen LogP contribution is 2.38. The Labute approximate surface area is 176 Å². The van der Waals surface area contributed by atoms with Gasteiger partial charge in [-0.3, -0.25) is 4.90 Å². The minimum Gasteiger partial charge on any atom is -0.490 e. The molecule has 7 nitrogen and oxygen atoms in total. The fraction of sp³-hybridized carbons (Fsp3) is 0.478. The standard InChI is InChI=1S/C23H29NO6/c1-3-29-19-8-4-5-9-20(19)30-15-17-10-13-24(14-11-17)23(22(27)28)12-6-7-18(16(23)2)21(25)26/h4-9,12,16-17H,3,10-11,13-15H2,1-2H3,(H,25,26)(H,27,28). The van der Waals surface area contributed by atoms with E-state index < -0.39 is 23.4 Å². The lowest BCUT2D eigenvalue weighted by Gasteiger charge is -2.46. The van der Waals surface area contributed by atoms with Crippen LogP contribution in [-0.4, -0.2) is 58.9 Å². The second kappa shape index (κ2) is 9.34. The Hall–Kier alpha value is -2.80. The third-order valence-corrected chi connectivity index (χ3v) is 6.10. The number of carbonyl (C=O) groups is 2. The molecule has 1 heterocycles. The molecule has 1 aromatic rings. The van der Waals surface area contributed by atoms with Crippen LogP contribution >= 0.6 is 0 Å². The lowest BCUT2D eigenvalue weighted by Crippen LogP contribution is -2.61. The molecule has 0 bridgehead atoms. The van der Waals surface area contributed by atoms with E-state index in [1.807, 2.05) is 36.1 Å². The van der Waals surface area contributed by atoms with Gasteiger partial charge in [-0.2, -0.15) is 0 Å². The normalized spacial score (nSPS) is 24.9. The summed E-state index contributed by atoms with van der Waals surface area (Å²) in [5.41, 5.74) is -1.21. The highest BCUT2D eigenvalue weighted by Gasteiger charge is 2.51. The average Bonchev–Trinajstić information content (AvgIpc) is 2.73. The van der Waals surface area contributed by atoms with Crippen molar-refractivity contribution >= 4 is 11.9 Å². The van der Waals surface area contributed by atoms with Gasteiger partial charge in [0.25, 0.3) is 0 Å². The molecule has 3 rings (SSSR count). The Bertz CT molecular complexity index is 840. The van der Waals surface area contributed by atoms with Crippen molar-refractivity contribution in [3.63, 3.8) is 0 Å². The van der Waals surface area contributed by atoms with Crippen molar-refractivity contribution in [1.29, 1.82) is 0 Å². The predicted octanol–water partition coefficient (Wildman–Crippen LogP) is 3.22. The first kappa shape index (κ1) is 21.9. The SMILES string of the molecule is CCOc1ccccc1OCC1CCN(C2(C(=O)O)C=CC=C(C(=O)O)C2C)CC1. The van der Waals surface area contributed by atoms with Gasteiger partial charge in [0.05, 0.1) is 13.2 Å². The number of aliphatic carboxylic acids is 2. The second-order valence-corrected chi connectivity index (χ2v) is 7.76. The fourth-order valence-electron chi connectivity index (χ4n) is 4.37. The zero-order valence-electron chi connectivity index (χ0n) is 17.4. The van der Waals surface area contributed by atoms with Gasteiger partial charge in [0.15, 0.2) is 11.5 Å². The van der Waals surface area contributed by atoms with Crippen LogP contribution in [0.5, 0.6) is 11.5 Å². The first-order valence-corrected chi connectivity index (χ1v) is 10.4. The van der Waals surface area contributed by atoms with E-state index in [2.05, 4.69) is 0 Å². The molecular formula is C23H29NO6. The number of allylic oxidation sites excluding steroid dienone is 2. The first-order valence-electron chi connectivity index (χ1n) is 10.4. The van der Waals surface area contributed by atoms with E-state index in [1.54, 1.807) is 19.1 Å². The maximum atomic E-state index is 12.3. The molecule has 30 heavy (non-hydrogen) atoms. The summed E-state index contributed by atoms with van der Waals surface area (Å²) < 4.78 is 11.6. The molecule has 0 spiro atoms. The molecule has 2 N–H and O–H groups in total. The molecule has 0 aromatic heterocycles. The van der Waals surface area contributed by atoms with Crippen LogP contribution in [-0.2, 0) is 9.59 Å². The second-order valence-electron chi connectivity index (χ2n) is 7.76. The summed E-state index contributed by atoms with van der Waals surface area (Å²) in [6, 6.07) is 7.57. The molecule has 1 aliphatic heterocycles. The van der Waals surface area contributed by atoms with Crippen molar-refractivity contribution in [3.8, 4) is 11.5 Å². The molecule has 2 atom stereocenters. The van der Waals surface area contributed by atoms with Crippen LogP contribution in [0.2, 0.25) is 0 Å². The van der Waals surface area contributed by atoms with E-state index in [9.17, 15) is 19.8 Å². The van der Waals surface area contributed by atoms with Gasteiger partial charge in [-0.25, -0.2) is 9.59 Å². The summed E-state index contributed by atoms with van der Waals surface area (Å²) in [7, 11) is 0. The Morgan fingerprint density at radius 2 is 1.77 bits per heavy atom. The maximum Gasteiger partial charge on any atom is 0.331 e. The third-order valence-electron chi connectivity index (χ3n) is 6.10. The lowest BCUT2D eigenvalue weighted by atomic mass is 9.74. The Kier molecular flexibility index (Phi) is 6.82. The maximum absolute atomic E-state index is 12.3. The summed E-state index contributed by atoms with van der Waals surface area (Å²) in [4.78, 5) is 25.8. The molecule has 1 aliphatic carbocycles. The highest BCUT2D eigenvalue weighted by molar-refractivity contribution is 5.92. The summed E-state index contributed by atoms with van der Waals surface area (Å²) in [5, 5.41) is 19.5. The molecular weight excluding hydrogens is 386 g/mol. The van der Waals surface area contributed by atoms with Gasteiger partial charge in [-0.1, -0.05) is 37.3 Å². The van der Waals surface area contributed by atoms with Gasteiger partial charge in [-0.05, 0) is 50.9 Å². The van der Waals surface area contributed by atoms with E-state index in [0.29, 0.717) is 38.0 Å². The molecule has 0 radical (unpaired) electrons. The number of likely N-dealkylation sites (tertiary alicyclic amines) is 1. The van der Waals surface area contributed by atoms with Crippen LogP contribution < -0.4 is 9.47 Å². The smallest absolute Gasteiger partial charge is 0.331 e. The van der Waals surface area contributed by atoms with Crippen molar-refractivity contribution < 1.29 is 29.3 Å². The lowest BCUT2D eigenvalue weighted by molar-refractivity contribution is -0.152. The largest absolute Gasteiger partial charge is 0.490 e. The van der Waals surface area contributed by atoms with Crippen molar-refractivity contribution in [3.05, 3.63) is 48.1 Å². The zero-order chi connectivity index (χ0) is 21.7. The third kappa shape index (κ3) is 4.21. The monoisotopic (exact) mass is 415 g/mol. The van der Waals surface area contributed by atoms with Crippen molar-refractivity contribution in [2.75, 3.05) is 26.3 Å². The average molecular weight is 415 g/mol. The van der Waals surface area contributed by atoms with E-state index in [1.165, 1.54) is 6.08 Å². The van der Waals surface area contributed by atoms with E-state index >= 15 is 0 Å². The molecule has 2 unspecified atom stereocenters. The number of piperidine rings is 1. The van der Waals surface area contributed by atoms with Crippen molar-refractivity contribution in [2.24, 2.45) is 11.8 Å².